The molecular formula is C21H27N3O4S2. The second-order valence-electron chi connectivity index (χ2n) is 7.39. The van der Waals surface area contributed by atoms with Crippen LogP contribution in [0.25, 0.3) is 0 Å². The molecule has 2 aromatic rings. The molecule has 2 aromatic carbocycles. The molecule has 1 saturated heterocycles. The molecule has 0 bridgehead atoms. The Bertz CT molecular complexity index is 989. The zero-order chi connectivity index (χ0) is 21.7. The van der Waals surface area contributed by atoms with Crippen LogP contribution in [0.1, 0.15) is 18.4 Å². The van der Waals surface area contributed by atoms with Crippen molar-refractivity contribution >= 4 is 33.0 Å². The van der Waals surface area contributed by atoms with Crippen molar-refractivity contribution in [2.24, 2.45) is 0 Å². The highest BCUT2D eigenvalue weighted by Crippen LogP contribution is 2.22. The Morgan fingerprint density at radius 2 is 2.00 bits per heavy atom. The van der Waals surface area contributed by atoms with Crippen LogP contribution in [-0.2, 0) is 21.3 Å². The molecule has 1 fully saturated rings. The van der Waals surface area contributed by atoms with Gasteiger partial charge < -0.3 is 20.1 Å². The smallest absolute Gasteiger partial charge is 0.242 e. The summed E-state index contributed by atoms with van der Waals surface area (Å²) < 4.78 is 31.8. The Hall–Kier alpha value is -2.20. The number of thiocarbonyl (C=S) groups is 1. The van der Waals surface area contributed by atoms with Crippen molar-refractivity contribution in [3.63, 3.8) is 0 Å². The van der Waals surface area contributed by atoms with Crippen molar-refractivity contribution in [1.29, 1.82) is 0 Å². The lowest BCUT2D eigenvalue weighted by atomic mass is 10.1. The number of rotatable bonds is 7. The molecule has 1 atom stereocenters. The summed E-state index contributed by atoms with van der Waals surface area (Å²) in [5, 5.41) is 13.8. The number of hydrogen-bond donors (Lipinski definition) is 2. The van der Waals surface area contributed by atoms with Gasteiger partial charge in [0.1, 0.15) is 5.75 Å². The quantitative estimate of drug-likeness (QED) is 0.629. The average molecular weight is 450 g/mol. The normalized spacial score (nSPS) is 16.6. The molecule has 0 amide bonds. The standard InChI is InChI=1S/C21H27N3O4S2/c1-23(2)30(26,27)19-10-5-8-17(13-19)22-21(29)24(15-18-9-6-12-28-18)14-16-7-3-4-11-20(16)25/h3-5,7-8,10-11,13,18,25H,6,9,12,14-15H2,1-2H3,(H,22,29). The highest BCUT2D eigenvalue weighted by atomic mass is 32.2. The number of nitrogens with one attached hydrogen (secondary N) is 1. The fraction of sp³-hybridized carbons (Fsp3) is 0.381. The predicted molar refractivity (Wildman–Crippen MR) is 121 cm³/mol. The van der Waals surface area contributed by atoms with Gasteiger partial charge in [-0.3, -0.25) is 0 Å². The number of phenolic OH excluding ortho intramolecular Hbond substituents is 1. The fourth-order valence-corrected chi connectivity index (χ4v) is 4.46. The van der Waals surface area contributed by atoms with E-state index < -0.39 is 10.0 Å². The summed E-state index contributed by atoms with van der Waals surface area (Å²) in [5.41, 5.74) is 1.33. The molecule has 1 aliphatic heterocycles. The first-order valence-corrected chi connectivity index (χ1v) is 11.6. The van der Waals surface area contributed by atoms with Crippen LogP contribution in [0.2, 0.25) is 0 Å². The molecule has 1 heterocycles. The number of para-hydroxylation sites is 1. The SMILES string of the molecule is CN(C)S(=O)(=O)c1cccc(NC(=S)N(Cc2ccccc2O)CC2CCCO2)c1. The molecule has 0 radical (unpaired) electrons. The zero-order valence-corrected chi connectivity index (χ0v) is 18.7. The van der Waals surface area contributed by atoms with E-state index in [0.29, 0.717) is 23.9 Å². The Kier molecular flexibility index (Phi) is 7.30. The minimum absolute atomic E-state index is 0.0658. The number of ether oxygens (including phenoxy) is 1. The third-order valence-corrected chi connectivity index (χ3v) is 7.12. The maximum absolute atomic E-state index is 12.4. The molecule has 2 N–H and O–H groups in total. The largest absolute Gasteiger partial charge is 0.508 e. The lowest BCUT2D eigenvalue weighted by Gasteiger charge is -2.28. The van der Waals surface area contributed by atoms with Crippen molar-refractivity contribution in [3.05, 3.63) is 54.1 Å². The minimum Gasteiger partial charge on any atom is -0.508 e. The van der Waals surface area contributed by atoms with Crippen molar-refractivity contribution in [2.45, 2.75) is 30.4 Å². The van der Waals surface area contributed by atoms with E-state index in [4.69, 9.17) is 17.0 Å². The van der Waals surface area contributed by atoms with Crippen molar-refractivity contribution in [3.8, 4) is 5.75 Å². The van der Waals surface area contributed by atoms with Gasteiger partial charge in [0.25, 0.3) is 0 Å². The predicted octanol–water partition coefficient (Wildman–Crippen LogP) is 3.02. The number of phenols is 1. The Labute approximate surface area is 183 Å². The summed E-state index contributed by atoms with van der Waals surface area (Å²) >= 11 is 5.64. The molecule has 0 aromatic heterocycles. The highest BCUT2D eigenvalue weighted by molar-refractivity contribution is 7.89. The van der Waals surface area contributed by atoms with E-state index in [0.717, 1.165) is 25.0 Å². The molecule has 0 spiro atoms. The second kappa shape index (κ2) is 9.74. The van der Waals surface area contributed by atoms with Gasteiger partial charge in [-0.1, -0.05) is 24.3 Å². The van der Waals surface area contributed by atoms with Crippen LogP contribution >= 0.6 is 12.2 Å². The summed E-state index contributed by atoms with van der Waals surface area (Å²) in [7, 11) is -0.553. The molecular weight excluding hydrogens is 422 g/mol. The van der Waals surface area contributed by atoms with E-state index in [1.807, 2.05) is 17.0 Å². The summed E-state index contributed by atoms with van der Waals surface area (Å²) in [5.74, 6) is 0.205. The van der Waals surface area contributed by atoms with Gasteiger partial charge in [0, 0.05) is 45.0 Å². The van der Waals surface area contributed by atoms with Crippen molar-refractivity contribution < 1.29 is 18.3 Å². The third kappa shape index (κ3) is 5.48. The van der Waals surface area contributed by atoms with Crippen LogP contribution in [0.5, 0.6) is 5.75 Å². The summed E-state index contributed by atoms with van der Waals surface area (Å²) in [4.78, 5) is 2.12. The van der Waals surface area contributed by atoms with Crippen molar-refractivity contribution in [2.75, 3.05) is 32.6 Å². The Balaban J connectivity index is 1.80. The maximum atomic E-state index is 12.4. The summed E-state index contributed by atoms with van der Waals surface area (Å²) in [6.45, 7) is 1.73. The molecule has 162 valence electrons. The lowest BCUT2D eigenvalue weighted by Crippen LogP contribution is -2.39. The average Bonchev–Trinajstić information content (AvgIpc) is 3.22. The van der Waals surface area contributed by atoms with Crippen LogP contribution in [0.4, 0.5) is 5.69 Å². The van der Waals surface area contributed by atoms with E-state index in [2.05, 4.69) is 5.32 Å². The monoisotopic (exact) mass is 449 g/mol. The van der Waals surface area contributed by atoms with Gasteiger partial charge in [-0.15, -0.1) is 0 Å². The van der Waals surface area contributed by atoms with Crippen LogP contribution in [0, 0.1) is 0 Å². The summed E-state index contributed by atoms with van der Waals surface area (Å²) in [6, 6.07) is 13.7. The van der Waals surface area contributed by atoms with Gasteiger partial charge in [0.2, 0.25) is 10.0 Å². The van der Waals surface area contributed by atoms with E-state index in [-0.39, 0.29) is 16.7 Å². The van der Waals surface area contributed by atoms with Crippen LogP contribution in [-0.4, -0.2) is 61.2 Å². The first-order valence-electron chi connectivity index (χ1n) is 9.74. The fourth-order valence-electron chi connectivity index (χ4n) is 3.25. The maximum Gasteiger partial charge on any atom is 0.242 e. The lowest BCUT2D eigenvalue weighted by molar-refractivity contribution is 0.0903. The van der Waals surface area contributed by atoms with E-state index in [1.165, 1.54) is 18.4 Å². The molecule has 1 aliphatic rings. The highest BCUT2D eigenvalue weighted by Gasteiger charge is 2.23. The van der Waals surface area contributed by atoms with E-state index >= 15 is 0 Å². The zero-order valence-electron chi connectivity index (χ0n) is 17.1. The van der Waals surface area contributed by atoms with Crippen LogP contribution in [0.15, 0.2) is 53.4 Å². The Morgan fingerprint density at radius 3 is 2.67 bits per heavy atom. The molecule has 0 aliphatic carbocycles. The molecule has 0 saturated carbocycles. The van der Waals surface area contributed by atoms with E-state index in [9.17, 15) is 13.5 Å². The number of sulfonamides is 1. The minimum atomic E-state index is -3.54. The number of hydrogen-bond acceptors (Lipinski definition) is 5. The third-order valence-electron chi connectivity index (χ3n) is 4.95. The Morgan fingerprint density at radius 1 is 1.23 bits per heavy atom. The number of benzene rings is 2. The van der Waals surface area contributed by atoms with Crippen molar-refractivity contribution in [1.82, 2.24) is 9.21 Å². The molecule has 3 rings (SSSR count). The number of anilines is 1. The summed E-state index contributed by atoms with van der Waals surface area (Å²) in [6.07, 6.45) is 2.03. The van der Waals surface area contributed by atoms with Gasteiger partial charge in [-0.05, 0) is 49.3 Å². The second-order valence-corrected chi connectivity index (χ2v) is 9.93. The van der Waals surface area contributed by atoms with Gasteiger partial charge >= 0.3 is 0 Å². The molecule has 7 nitrogen and oxygen atoms in total. The topological polar surface area (TPSA) is 82.1 Å². The first-order chi connectivity index (χ1) is 14.3. The first kappa shape index (κ1) is 22.5. The number of aromatic hydroxyl groups is 1. The van der Waals surface area contributed by atoms with Gasteiger partial charge in [-0.2, -0.15) is 0 Å². The molecule has 30 heavy (non-hydrogen) atoms. The van der Waals surface area contributed by atoms with Crippen LogP contribution < -0.4 is 5.32 Å². The van der Waals surface area contributed by atoms with Crippen LogP contribution in [0.3, 0.4) is 0 Å². The van der Waals surface area contributed by atoms with Gasteiger partial charge in [0.05, 0.1) is 11.0 Å². The number of nitrogens with zero attached hydrogens (tertiary/aromatic N) is 2. The molecule has 1 unspecified atom stereocenters. The van der Waals surface area contributed by atoms with Gasteiger partial charge in [0.15, 0.2) is 5.11 Å². The molecule has 9 heteroatoms. The van der Waals surface area contributed by atoms with E-state index in [1.54, 1.807) is 36.4 Å². The van der Waals surface area contributed by atoms with Gasteiger partial charge in [-0.25, -0.2) is 12.7 Å².